The van der Waals surface area contributed by atoms with Gasteiger partial charge in [0.25, 0.3) is 0 Å². The van der Waals surface area contributed by atoms with E-state index in [9.17, 15) is 0 Å². The molecule has 2 aromatic rings. The Hall–Kier alpha value is -1.26. The molecule has 0 aliphatic rings. The lowest BCUT2D eigenvalue weighted by Crippen LogP contribution is -2.23. The maximum atomic E-state index is 4.31. The monoisotopic (exact) mass is 305 g/mol. The lowest BCUT2D eigenvalue weighted by molar-refractivity contribution is 0.485. The van der Waals surface area contributed by atoms with Crippen LogP contribution in [0.1, 0.15) is 37.2 Å². The largest absolute Gasteiger partial charge is 0.302 e. The van der Waals surface area contributed by atoms with E-state index in [-0.39, 0.29) is 12.1 Å². The van der Waals surface area contributed by atoms with Gasteiger partial charge in [0.15, 0.2) is 0 Å². The van der Waals surface area contributed by atoms with Crippen molar-refractivity contribution in [2.75, 3.05) is 0 Å². The molecule has 18 heavy (non-hydrogen) atoms. The summed E-state index contributed by atoms with van der Waals surface area (Å²) in [5, 5.41) is 3.51. The van der Waals surface area contributed by atoms with Crippen LogP contribution in [-0.4, -0.2) is 9.97 Å². The molecule has 0 bridgehead atoms. The lowest BCUT2D eigenvalue weighted by atomic mass is 10.1. The fraction of sp³-hybridized carbons (Fsp3) is 0.286. The van der Waals surface area contributed by atoms with Crippen LogP contribution in [0.15, 0.2) is 47.3 Å². The van der Waals surface area contributed by atoms with E-state index >= 15 is 0 Å². The predicted octanol–water partition coefficient (Wildman–Crippen LogP) is 3.65. The van der Waals surface area contributed by atoms with Crippen LogP contribution in [0.25, 0.3) is 0 Å². The minimum atomic E-state index is 0.178. The van der Waals surface area contributed by atoms with Crippen molar-refractivity contribution in [2.24, 2.45) is 0 Å². The third-order valence-electron chi connectivity index (χ3n) is 2.90. The van der Waals surface area contributed by atoms with E-state index in [1.807, 2.05) is 0 Å². The molecule has 0 aliphatic heterocycles. The van der Waals surface area contributed by atoms with E-state index < -0.39 is 0 Å². The van der Waals surface area contributed by atoms with Gasteiger partial charge in [-0.25, -0.2) is 0 Å². The van der Waals surface area contributed by atoms with Gasteiger partial charge < -0.3 is 5.32 Å². The summed E-state index contributed by atoms with van der Waals surface area (Å²) in [6.07, 6.45) is 5.21. The summed E-state index contributed by atoms with van der Waals surface area (Å²) in [7, 11) is 0. The molecule has 0 saturated heterocycles. The van der Waals surface area contributed by atoms with Crippen LogP contribution in [-0.2, 0) is 0 Å². The van der Waals surface area contributed by atoms with Crippen LogP contribution in [0.5, 0.6) is 0 Å². The van der Waals surface area contributed by atoms with Crippen molar-refractivity contribution in [2.45, 2.75) is 25.9 Å². The summed E-state index contributed by atoms with van der Waals surface area (Å²) in [5.74, 6) is 0. The maximum absolute atomic E-state index is 4.31. The van der Waals surface area contributed by atoms with Gasteiger partial charge in [0, 0.05) is 35.1 Å². The van der Waals surface area contributed by atoms with Gasteiger partial charge in [0.1, 0.15) is 0 Å². The molecule has 2 atom stereocenters. The third kappa shape index (κ3) is 3.37. The summed E-state index contributed by atoms with van der Waals surface area (Å²) in [6, 6.07) is 8.80. The van der Waals surface area contributed by atoms with Gasteiger partial charge in [0.2, 0.25) is 0 Å². The summed E-state index contributed by atoms with van der Waals surface area (Å²) in [4.78, 5) is 8.40. The second kappa shape index (κ2) is 6.07. The van der Waals surface area contributed by atoms with E-state index in [2.05, 4.69) is 69.3 Å². The Morgan fingerprint density at radius 1 is 1.06 bits per heavy atom. The first-order valence-electron chi connectivity index (χ1n) is 5.94. The van der Waals surface area contributed by atoms with E-state index in [0.717, 1.165) is 10.2 Å². The van der Waals surface area contributed by atoms with Crippen molar-refractivity contribution in [1.29, 1.82) is 0 Å². The Bertz CT molecular complexity index is 484. The van der Waals surface area contributed by atoms with Crippen LogP contribution in [0.4, 0.5) is 0 Å². The standard InChI is InChI=1S/C14H16BrN3/c1-10(12-3-5-13(15)6-4-12)18-11(2)14-9-16-7-8-17-14/h3-11,18H,1-2H3/t10-,11?/m0/s1. The van der Waals surface area contributed by atoms with Crippen molar-refractivity contribution in [3.8, 4) is 0 Å². The molecule has 1 N–H and O–H groups in total. The molecule has 1 aromatic carbocycles. The fourth-order valence-corrected chi connectivity index (χ4v) is 2.11. The van der Waals surface area contributed by atoms with Gasteiger partial charge in [-0.15, -0.1) is 0 Å². The molecule has 0 radical (unpaired) electrons. The zero-order valence-electron chi connectivity index (χ0n) is 10.5. The van der Waals surface area contributed by atoms with Gasteiger partial charge >= 0.3 is 0 Å². The van der Waals surface area contributed by atoms with Gasteiger partial charge in [-0.05, 0) is 31.5 Å². The summed E-state index contributed by atoms with van der Waals surface area (Å²) < 4.78 is 1.10. The fourth-order valence-electron chi connectivity index (χ4n) is 1.84. The number of benzene rings is 1. The average Bonchev–Trinajstić information content (AvgIpc) is 2.40. The normalized spacial score (nSPS) is 14.2. The molecule has 4 heteroatoms. The first-order chi connectivity index (χ1) is 8.66. The Labute approximate surface area is 116 Å². The van der Waals surface area contributed by atoms with Crippen molar-refractivity contribution in [1.82, 2.24) is 15.3 Å². The maximum Gasteiger partial charge on any atom is 0.0753 e. The van der Waals surface area contributed by atoms with Crippen molar-refractivity contribution >= 4 is 15.9 Å². The zero-order chi connectivity index (χ0) is 13.0. The molecule has 1 heterocycles. The van der Waals surface area contributed by atoms with Gasteiger partial charge in [-0.2, -0.15) is 0 Å². The molecular formula is C14H16BrN3. The van der Waals surface area contributed by atoms with E-state index in [1.165, 1.54) is 5.56 Å². The molecule has 0 amide bonds. The number of hydrogen-bond acceptors (Lipinski definition) is 3. The number of nitrogens with zero attached hydrogens (tertiary/aromatic N) is 2. The summed E-state index contributed by atoms with van der Waals surface area (Å²) in [6.45, 7) is 4.25. The number of halogens is 1. The lowest BCUT2D eigenvalue weighted by Gasteiger charge is -2.19. The number of aromatic nitrogens is 2. The minimum absolute atomic E-state index is 0.178. The average molecular weight is 306 g/mol. The Balaban J connectivity index is 2.03. The third-order valence-corrected chi connectivity index (χ3v) is 3.43. The Morgan fingerprint density at radius 3 is 2.39 bits per heavy atom. The van der Waals surface area contributed by atoms with E-state index in [1.54, 1.807) is 18.6 Å². The van der Waals surface area contributed by atoms with Gasteiger partial charge in [-0.3, -0.25) is 9.97 Å². The second-order valence-electron chi connectivity index (χ2n) is 4.29. The molecule has 94 valence electrons. The first kappa shape index (κ1) is 13.2. The highest BCUT2D eigenvalue weighted by atomic mass is 79.9. The Kier molecular flexibility index (Phi) is 4.44. The number of rotatable bonds is 4. The smallest absolute Gasteiger partial charge is 0.0753 e. The van der Waals surface area contributed by atoms with Crippen LogP contribution in [0.3, 0.4) is 0 Å². The number of hydrogen-bond donors (Lipinski definition) is 1. The van der Waals surface area contributed by atoms with Gasteiger partial charge in [0.05, 0.1) is 5.69 Å². The van der Waals surface area contributed by atoms with Crippen LogP contribution >= 0.6 is 15.9 Å². The topological polar surface area (TPSA) is 37.8 Å². The molecule has 2 rings (SSSR count). The van der Waals surface area contributed by atoms with Crippen LogP contribution in [0.2, 0.25) is 0 Å². The zero-order valence-corrected chi connectivity index (χ0v) is 12.1. The van der Waals surface area contributed by atoms with Crippen molar-refractivity contribution < 1.29 is 0 Å². The summed E-state index contributed by atoms with van der Waals surface area (Å²) in [5.41, 5.74) is 2.22. The molecule has 0 saturated carbocycles. The molecular weight excluding hydrogens is 290 g/mol. The molecule has 0 fully saturated rings. The van der Waals surface area contributed by atoms with Crippen LogP contribution < -0.4 is 5.32 Å². The molecule has 1 aromatic heterocycles. The first-order valence-corrected chi connectivity index (χ1v) is 6.73. The minimum Gasteiger partial charge on any atom is -0.302 e. The van der Waals surface area contributed by atoms with E-state index in [0.29, 0.717) is 0 Å². The number of nitrogens with one attached hydrogen (secondary N) is 1. The van der Waals surface area contributed by atoms with Crippen LogP contribution in [0, 0.1) is 0 Å². The highest BCUT2D eigenvalue weighted by molar-refractivity contribution is 9.10. The van der Waals surface area contributed by atoms with Crippen molar-refractivity contribution in [3.63, 3.8) is 0 Å². The van der Waals surface area contributed by atoms with E-state index in [4.69, 9.17) is 0 Å². The molecule has 3 nitrogen and oxygen atoms in total. The molecule has 0 aliphatic carbocycles. The molecule has 0 spiro atoms. The summed E-state index contributed by atoms with van der Waals surface area (Å²) >= 11 is 3.44. The Morgan fingerprint density at radius 2 is 1.78 bits per heavy atom. The highest BCUT2D eigenvalue weighted by Gasteiger charge is 2.11. The SMILES string of the molecule is CC(N[C@@H](C)c1ccc(Br)cc1)c1cnccn1. The van der Waals surface area contributed by atoms with Crippen molar-refractivity contribution in [3.05, 3.63) is 58.6 Å². The predicted molar refractivity (Wildman–Crippen MR) is 76.1 cm³/mol. The molecule has 1 unspecified atom stereocenters. The highest BCUT2D eigenvalue weighted by Crippen LogP contribution is 2.19. The second-order valence-corrected chi connectivity index (χ2v) is 5.21. The quantitative estimate of drug-likeness (QED) is 0.937. The van der Waals surface area contributed by atoms with Gasteiger partial charge in [-0.1, -0.05) is 28.1 Å².